The molecule has 0 aliphatic heterocycles. The summed E-state index contributed by atoms with van der Waals surface area (Å²) in [6.07, 6.45) is 6.48. The summed E-state index contributed by atoms with van der Waals surface area (Å²) in [7, 11) is 2.19. The van der Waals surface area contributed by atoms with Crippen molar-refractivity contribution in [3.8, 4) is 0 Å². The summed E-state index contributed by atoms with van der Waals surface area (Å²) in [5, 5.41) is 0. The van der Waals surface area contributed by atoms with Crippen LogP contribution in [0.4, 0.5) is 0 Å². The van der Waals surface area contributed by atoms with E-state index in [0.29, 0.717) is 0 Å². The topological polar surface area (TPSA) is 6.48 Å². The maximum absolute atomic E-state index is 2.46. The second-order valence-corrected chi connectivity index (χ2v) is 4.13. The second-order valence-electron chi connectivity index (χ2n) is 4.13. The van der Waals surface area contributed by atoms with Crippen molar-refractivity contribution < 1.29 is 0 Å². The lowest BCUT2D eigenvalue weighted by atomic mass is 10.2. The van der Waals surface area contributed by atoms with Crippen molar-refractivity contribution >= 4 is 0 Å². The maximum Gasteiger partial charge on any atom is 0.0227 e. The van der Waals surface area contributed by atoms with Gasteiger partial charge in [0, 0.05) is 19.6 Å². The summed E-state index contributed by atoms with van der Waals surface area (Å²) in [5.74, 6) is 0. The zero-order valence-corrected chi connectivity index (χ0v) is 11.7. The molecule has 94 valence electrons. The van der Waals surface area contributed by atoms with Gasteiger partial charge < -0.3 is 9.80 Å². The summed E-state index contributed by atoms with van der Waals surface area (Å²) in [6.45, 7) is 14.3. The Balaban J connectivity index is 3.93. The Labute approximate surface area is 102 Å². The Morgan fingerprint density at radius 2 is 1.69 bits per heavy atom. The fourth-order valence-electron chi connectivity index (χ4n) is 1.70. The molecule has 0 amide bonds. The molecule has 0 saturated carbocycles. The van der Waals surface area contributed by atoms with Crippen LogP contribution in [0.15, 0.2) is 23.8 Å². The first-order chi connectivity index (χ1) is 7.67. The molecule has 2 heteroatoms. The summed E-state index contributed by atoms with van der Waals surface area (Å²) in [5.41, 5.74) is 1.39. The van der Waals surface area contributed by atoms with Crippen LogP contribution in [0.2, 0.25) is 0 Å². The number of likely N-dealkylation sites (N-methyl/N-ethyl adjacent to an activating group) is 2. The first-order valence-electron chi connectivity index (χ1n) is 6.36. The zero-order chi connectivity index (χ0) is 12.4. The molecule has 0 fully saturated rings. The molecule has 0 aromatic rings. The first-order valence-corrected chi connectivity index (χ1v) is 6.36. The Hall–Kier alpha value is -0.600. The predicted molar refractivity (Wildman–Crippen MR) is 73.9 cm³/mol. The van der Waals surface area contributed by atoms with E-state index >= 15 is 0 Å². The largest absolute Gasteiger partial charge is 0.303 e. The summed E-state index contributed by atoms with van der Waals surface area (Å²) < 4.78 is 0. The number of hydrogen-bond donors (Lipinski definition) is 0. The van der Waals surface area contributed by atoms with Crippen LogP contribution in [0.25, 0.3) is 0 Å². The van der Waals surface area contributed by atoms with Crippen LogP contribution in [0.1, 0.15) is 27.7 Å². The van der Waals surface area contributed by atoms with Crippen molar-refractivity contribution in [2.45, 2.75) is 27.7 Å². The highest BCUT2D eigenvalue weighted by Gasteiger charge is 2.03. The van der Waals surface area contributed by atoms with E-state index in [4.69, 9.17) is 0 Å². The minimum atomic E-state index is 1.04. The van der Waals surface area contributed by atoms with Gasteiger partial charge in [-0.2, -0.15) is 0 Å². The number of rotatable bonds is 8. The molecule has 0 N–H and O–H groups in total. The summed E-state index contributed by atoms with van der Waals surface area (Å²) in [4.78, 5) is 4.84. The highest BCUT2D eigenvalue weighted by Crippen LogP contribution is 2.00. The van der Waals surface area contributed by atoms with Crippen molar-refractivity contribution in [2.75, 3.05) is 39.8 Å². The Bertz CT molecular complexity index is 215. The Morgan fingerprint density at radius 3 is 2.12 bits per heavy atom. The average molecular weight is 224 g/mol. The van der Waals surface area contributed by atoms with Crippen LogP contribution in [-0.4, -0.2) is 49.6 Å². The first kappa shape index (κ1) is 15.4. The highest BCUT2D eigenvalue weighted by atomic mass is 15.2. The molecule has 0 spiro atoms. The van der Waals surface area contributed by atoms with Gasteiger partial charge in [-0.05, 0) is 39.6 Å². The lowest BCUT2D eigenvalue weighted by molar-refractivity contribution is 0.250. The molecule has 0 saturated heterocycles. The summed E-state index contributed by atoms with van der Waals surface area (Å²) in [6, 6.07) is 0. The molecule has 0 unspecified atom stereocenters. The standard InChI is InChI=1S/C14H28N2/c1-6-10-14(7-2)13-15(5)11-12-16(8-3)9-4/h6-7,10H,8-9,11-13H2,1-5H3. The fraction of sp³-hybridized carbons (Fsp3) is 0.714. The van der Waals surface area contributed by atoms with Crippen molar-refractivity contribution in [1.29, 1.82) is 0 Å². The second kappa shape index (κ2) is 9.61. The smallest absolute Gasteiger partial charge is 0.0227 e. The average Bonchev–Trinajstić information content (AvgIpc) is 2.29. The molecular weight excluding hydrogens is 196 g/mol. The lowest BCUT2D eigenvalue weighted by Crippen LogP contribution is -2.33. The highest BCUT2D eigenvalue weighted by molar-refractivity contribution is 5.18. The van der Waals surface area contributed by atoms with Gasteiger partial charge in [0.05, 0.1) is 0 Å². The summed E-state index contributed by atoms with van der Waals surface area (Å²) >= 11 is 0. The fourth-order valence-corrected chi connectivity index (χ4v) is 1.70. The lowest BCUT2D eigenvalue weighted by Gasteiger charge is -2.23. The quantitative estimate of drug-likeness (QED) is 0.585. The minimum Gasteiger partial charge on any atom is -0.303 e. The van der Waals surface area contributed by atoms with E-state index in [2.05, 4.69) is 62.8 Å². The van der Waals surface area contributed by atoms with Crippen molar-refractivity contribution in [1.82, 2.24) is 9.80 Å². The molecule has 16 heavy (non-hydrogen) atoms. The Morgan fingerprint density at radius 1 is 1.06 bits per heavy atom. The van der Waals surface area contributed by atoms with Crippen molar-refractivity contribution in [3.05, 3.63) is 23.8 Å². The van der Waals surface area contributed by atoms with Gasteiger partial charge in [0.25, 0.3) is 0 Å². The van der Waals surface area contributed by atoms with E-state index in [1.807, 2.05) is 0 Å². The number of allylic oxidation sites excluding steroid dienone is 2. The molecule has 0 radical (unpaired) electrons. The van der Waals surface area contributed by atoms with Gasteiger partial charge in [0.15, 0.2) is 0 Å². The minimum absolute atomic E-state index is 1.04. The number of hydrogen-bond acceptors (Lipinski definition) is 2. The molecule has 0 aliphatic rings. The normalized spacial score (nSPS) is 13.3. The van der Waals surface area contributed by atoms with Gasteiger partial charge in [-0.15, -0.1) is 0 Å². The van der Waals surface area contributed by atoms with Crippen molar-refractivity contribution in [2.24, 2.45) is 0 Å². The third-order valence-corrected chi connectivity index (χ3v) is 2.90. The van der Waals surface area contributed by atoms with Gasteiger partial charge in [0.2, 0.25) is 0 Å². The van der Waals surface area contributed by atoms with Crippen LogP contribution in [-0.2, 0) is 0 Å². The van der Waals surface area contributed by atoms with E-state index < -0.39 is 0 Å². The van der Waals surface area contributed by atoms with Crippen LogP contribution in [0, 0.1) is 0 Å². The van der Waals surface area contributed by atoms with Crippen LogP contribution >= 0.6 is 0 Å². The van der Waals surface area contributed by atoms with Gasteiger partial charge in [0.1, 0.15) is 0 Å². The van der Waals surface area contributed by atoms with E-state index in [-0.39, 0.29) is 0 Å². The van der Waals surface area contributed by atoms with Gasteiger partial charge in [-0.1, -0.05) is 32.1 Å². The molecule has 0 heterocycles. The van der Waals surface area contributed by atoms with E-state index in [9.17, 15) is 0 Å². The Kier molecular flexibility index (Phi) is 9.25. The van der Waals surface area contributed by atoms with E-state index in [1.165, 1.54) is 5.57 Å². The monoisotopic (exact) mass is 224 g/mol. The van der Waals surface area contributed by atoms with Crippen LogP contribution in [0.5, 0.6) is 0 Å². The third-order valence-electron chi connectivity index (χ3n) is 2.90. The molecule has 0 bridgehead atoms. The predicted octanol–water partition coefficient (Wildman–Crippen LogP) is 2.78. The molecule has 2 nitrogen and oxygen atoms in total. The molecule has 0 atom stereocenters. The van der Waals surface area contributed by atoms with Gasteiger partial charge in [-0.3, -0.25) is 0 Å². The maximum atomic E-state index is 2.46. The van der Waals surface area contributed by atoms with Crippen LogP contribution in [0.3, 0.4) is 0 Å². The van der Waals surface area contributed by atoms with E-state index in [1.54, 1.807) is 0 Å². The zero-order valence-electron chi connectivity index (χ0n) is 11.7. The third kappa shape index (κ3) is 6.81. The molecule has 0 rings (SSSR count). The molecule has 0 aliphatic carbocycles. The molecule has 0 aromatic heterocycles. The molecule has 0 aromatic carbocycles. The SMILES string of the molecule is CC=CC(=CC)CN(C)CCN(CC)CC. The molecular formula is C14H28N2. The van der Waals surface area contributed by atoms with Gasteiger partial charge >= 0.3 is 0 Å². The van der Waals surface area contributed by atoms with E-state index in [0.717, 1.165) is 32.7 Å². The van der Waals surface area contributed by atoms with Crippen LogP contribution < -0.4 is 0 Å². The van der Waals surface area contributed by atoms with Gasteiger partial charge in [-0.25, -0.2) is 0 Å². The van der Waals surface area contributed by atoms with Crippen molar-refractivity contribution in [3.63, 3.8) is 0 Å². The number of nitrogens with zero attached hydrogens (tertiary/aromatic N) is 2.